The lowest BCUT2D eigenvalue weighted by atomic mass is 10.1. The van der Waals surface area contributed by atoms with E-state index in [1.807, 2.05) is 26.2 Å². The highest BCUT2D eigenvalue weighted by Gasteiger charge is 2.12. The van der Waals surface area contributed by atoms with Crippen molar-refractivity contribution >= 4 is 17.7 Å². The van der Waals surface area contributed by atoms with Crippen molar-refractivity contribution in [2.75, 3.05) is 6.26 Å². The molecule has 1 amide bonds. The number of pyridine rings is 1. The number of aromatic amines is 1. The molecule has 0 saturated carbocycles. The molecule has 0 atom stereocenters. The predicted molar refractivity (Wildman–Crippen MR) is 83.6 cm³/mol. The summed E-state index contributed by atoms with van der Waals surface area (Å²) in [5.74, 6) is 1.43. The van der Waals surface area contributed by atoms with Gasteiger partial charge in [0, 0.05) is 17.8 Å². The molecule has 21 heavy (non-hydrogen) atoms. The second-order valence-corrected chi connectivity index (χ2v) is 5.69. The predicted octanol–water partition coefficient (Wildman–Crippen LogP) is 2.38. The molecule has 2 N–H and O–H groups in total. The Balaban J connectivity index is 2.05. The first-order chi connectivity index (χ1) is 10.0. The molecule has 0 spiro atoms. The zero-order valence-electron chi connectivity index (χ0n) is 12.3. The Morgan fingerprint density at radius 3 is 2.81 bits per heavy atom. The maximum Gasteiger partial charge on any atom is 0.287 e. The van der Waals surface area contributed by atoms with Crippen molar-refractivity contribution in [3.05, 3.63) is 56.9 Å². The van der Waals surface area contributed by atoms with Gasteiger partial charge in [-0.2, -0.15) is 11.8 Å². The Morgan fingerprint density at radius 1 is 1.38 bits per heavy atom. The molecule has 112 valence electrons. The van der Waals surface area contributed by atoms with Crippen LogP contribution in [0.4, 0.5) is 0 Å². The number of carbonyl (C=O) groups excluding carboxylic acids is 1. The van der Waals surface area contributed by atoms with Crippen LogP contribution in [-0.4, -0.2) is 17.1 Å². The first kappa shape index (κ1) is 15.4. The molecular formula is C15H18N2O3S. The lowest BCUT2D eigenvalue weighted by molar-refractivity contribution is 0.0921. The van der Waals surface area contributed by atoms with Crippen LogP contribution in [0.1, 0.15) is 33.1 Å². The highest BCUT2D eigenvalue weighted by atomic mass is 32.2. The van der Waals surface area contributed by atoms with Gasteiger partial charge in [0.2, 0.25) is 0 Å². The van der Waals surface area contributed by atoms with E-state index in [2.05, 4.69) is 10.3 Å². The lowest BCUT2D eigenvalue weighted by Crippen LogP contribution is -2.27. The molecule has 0 radical (unpaired) electrons. The van der Waals surface area contributed by atoms with Gasteiger partial charge in [-0.1, -0.05) is 0 Å². The zero-order chi connectivity index (χ0) is 15.4. The van der Waals surface area contributed by atoms with Crippen LogP contribution >= 0.6 is 11.8 Å². The van der Waals surface area contributed by atoms with E-state index in [0.29, 0.717) is 5.56 Å². The van der Waals surface area contributed by atoms with Gasteiger partial charge in [-0.15, -0.1) is 0 Å². The van der Waals surface area contributed by atoms with Gasteiger partial charge in [-0.05, 0) is 43.9 Å². The summed E-state index contributed by atoms with van der Waals surface area (Å²) >= 11 is 1.62. The van der Waals surface area contributed by atoms with Crippen molar-refractivity contribution in [2.45, 2.75) is 26.1 Å². The van der Waals surface area contributed by atoms with Crippen molar-refractivity contribution in [2.24, 2.45) is 0 Å². The first-order valence-electron chi connectivity index (χ1n) is 6.56. The fourth-order valence-electron chi connectivity index (χ4n) is 2.08. The first-order valence-corrected chi connectivity index (χ1v) is 7.96. The number of hydrogen-bond acceptors (Lipinski definition) is 4. The van der Waals surface area contributed by atoms with Gasteiger partial charge in [-0.25, -0.2) is 0 Å². The summed E-state index contributed by atoms with van der Waals surface area (Å²) in [4.78, 5) is 26.6. The number of aromatic nitrogens is 1. The van der Waals surface area contributed by atoms with E-state index >= 15 is 0 Å². The van der Waals surface area contributed by atoms with E-state index in [1.54, 1.807) is 23.9 Å². The Hall–Kier alpha value is -1.95. The zero-order valence-corrected chi connectivity index (χ0v) is 13.1. The number of carbonyl (C=O) groups is 1. The molecule has 6 heteroatoms. The molecule has 0 bridgehead atoms. The van der Waals surface area contributed by atoms with Crippen LogP contribution in [0.15, 0.2) is 27.4 Å². The third-order valence-corrected chi connectivity index (χ3v) is 3.66. The van der Waals surface area contributed by atoms with Crippen LogP contribution in [0.3, 0.4) is 0 Å². The Labute approximate surface area is 127 Å². The number of amides is 1. The number of rotatable bonds is 5. The van der Waals surface area contributed by atoms with Crippen molar-refractivity contribution in [3.63, 3.8) is 0 Å². The minimum Gasteiger partial charge on any atom is -0.455 e. The van der Waals surface area contributed by atoms with Gasteiger partial charge in [0.25, 0.3) is 11.5 Å². The fourth-order valence-corrected chi connectivity index (χ4v) is 2.52. The third kappa shape index (κ3) is 3.78. The topological polar surface area (TPSA) is 75.1 Å². The van der Waals surface area contributed by atoms with E-state index in [0.717, 1.165) is 22.8 Å². The van der Waals surface area contributed by atoms with Crippen molar-refractivity contribution in [1.29, 1.82) is 0 Å². The smallest absolute Gasteiger partial charge is 0.287 e. The molecule has 5 nitrogen and oxygen atoms in total. The number of H-pyrrole nitrogens is 1. The number of nitrogens with one attached hydrogen (secondary N) is 2. The number of furan rings is 1. The van der Waals surface area contributed by atoms with Gasteiger partial charge in [0.15, 0.2) is 5.76 Å². The fraction of sp³-hybridized carbons (Fsp3) is 0.333. The van der Waals surface area contributed by atoms with E-state index in [1.165, 1.54) is 0 Å². The lowest BCUT2D eigenvalue weighted by Gasteiger charge is -2.07. The van der Waals surface area contributed by atoms with Gasteiger partial charge >= 0.3 is 0 Å². The van der Waals surface area contributed by atoms with Crippen LogP contribution in [-0.2, 0) is 12.3 Å². The third-order valence-electron chi connectivity index (χ3n) is 3.09. The molecule has 0 aliphatic heterocycles. The maximum absolute atomic E-state index is 12.0. The van der Waals surface area contributed by atoms with Gasteiger partial charge in [0.1, 0.15) is 5.76 Å². The molecule has 0 unspecified atom stereocenters. The average molecular weight is 306 g/mol. The van der Waals surface area contributed by atoms with Gasteiger partial charge in [0.05, 0.1) is 5.75 Å². The SMILES string of the molecule is CSCc1ccc(C(=O)NCc2c(C)cc(C)[nH]c2=O)o1. The van der Waals surface area contributed by atoms with Crippen LogP contribution < -0.4 is 10.9 Å². The number of thioether (sulfide) groups is 1. The van der Waals surface area contributed by atoms with E-state index in [9.17, 15) is 9.59 Å². The Morgan fingerprint density at radius 2 is 2.14 bits per heavy atom. The Kier molecular flexibility index (Phi) is 4.90. The summed E-state index contributed by atoms with van der Waals surface area (Å²) < 4.78 is 5.44. The summed E-state index contributed by atoms with van der Waals surface area (Å²) in [6, 6.07) is 5.31. The molecule has 0 aliphatic carbocycles. The average Bonchev–Trinajstić information content (AvgIpc) is 2.86. The summed E-state index contributed by atoms with van der Waals surface area (Å²) in [5, 5.41) is 2.71. The maximum atomic E-state index is 12.0. The van der Waals surface area contributed by atoms with Gasteiger partial charge < -0.3 is 14.7 Å². The monoisotopic (exact) mass is 306 g/mol. The molecule has 2 heterocycles. The summed E-state index contributed by atoms with van der Waals surface area (Å²) in [6.45, 7) is 3.86. The molecule has 0 fully saturated rings. The van der Waals surface area contributed by atoms with Crippen LogP contribution in [0.5, 0.6) is 0 Å². The van der Waals surface area contributed by atoms with Crippen molar-refractivity contribution in [3.8, 4) is 0 Å². The minimum atomic E-state index is -0.318. The van der Waals surface area contributed by atoms with Gasteiger partial charge in [-0.3, -0.25) is 9.59 Å². The molecular weight excluding hydrogens is 288 g/mol. The second kappa shape index (κ2) is 6.67. The normalized spacial score (nSPS) is 10.6. The number of hydrogen-bond donors (Lipinski definition) is 2. The standard InChI is InChI=1S/C15H18N2O3S/c1-9-6-10(2)17-14(18)12(9)7-16-15(19)13-5-4-11(20-13)8-21-3/h4-6H,7-8H2,1-3H3,(H,16,19)(H,17,18). The van der Waals surface area contributed by atoms with E-state index < -0.39 is 0 Å². The molecule has 2 rings (SSSR count). The largest absolute Gasteiger partial charge is 0.455 e. The van der Waals surface area contributed by atoms with Crippen molar-refractivity contribution < 1.29 is 9.21 Å². The molecule has 0 aliphatic rings. The molecule has 0 saturated heterocycles. The highest BCUT2D eigenvalue weighted by Crippen LogP contribution is 2.13. The Bertz CT molecular complexity index is 703. The summed E-state index contributed by atoms with van der Waals surface area (Å²) in [5.41, 5.74) is 2.06. The highest BCUT2D eigenvalue weighted by molar-refractivity contribution is 7.97. The van der Waals surface area contributed by atoms with Crippen LogP contribution in [0.25, 0.3) is 0 Å². The van der Waals surface area contributed by atoms with Crippen LogP contribution in [0, 0.1) is 13.8 Å². The number of aryl methyl sites for hydroxylation is 2. The van der Waals surface area contributed by atoms with E-state index in [-0.39, 0.29) is 23.8 Å². The van der Waals surface area contributed by atoms with E-state index in [4.69, 9.17) is 4.42 Å². The van der Waals surface area contributed by atoms with Crippen molar-refractivity contribution in [1.82, 2.24) is 10.3 Å². The molecule has 0 aromatic carbocycles. The summed E-state index contributed by atoms with van der Waals surface area (Å²) in [7, 11) is 0. The quantitative estimate of drug-likeness (QED) is 0.889. The molecule has 2 aromatic heterocycles. The minimum absolute atomic E-state index is 0.171. The molecule has 2 aromatic rings. The van der Waals surface area contributed by atoms with Crippen LogP contribution in [0.2, 0.25) is 0 Å². The second-order valence-electron chi connectivity index (χ2n) is 4.82. The summed E-state index contributed by atoms with van der Waals surface area (Å²) in [6.07, 6.45) is 1.97.